The zero-order chi connectivity index (χ0) is 17.6. The van der Waals surface area contributed by atoms with Crippen LogP contribution in [0.4, 0.5) is 0 Å². The average Bonchev–Trinajstić information content (AvgIpc) is 3.08. The van der Waals surface area contributed by atoms with Crippen molar-refractivity contribution in [3.8, 4) is 6.07 Å². The van der Waals surface area contributed by atoms with Crippen LogP contribution in [0.3, 0.4) is 0 Å². The SMILES string of the molecule is N#CC1(c2ccc(Cc3nc4c(C5=CCN=C5)nccn4n3)cc2)CC1. The first kappa shape index (κ1) is 15.0. The Bertz CT molecular complexity index is 1090. The van der Waals surface area contributed by atoms with Gasteiger partial charge in [-0.2, -0.15) is 10.4 Å². The molecule has 0 unspecified atom stereocenters. The Morgan fingerprint density at radius 2 is 2.04 bits per heavy atom. The molecule has 2 aromatic heterocycles. The fourth-order valence-electron chi connectivity index (χ4n) is 3.37. The van der Waals surface area contributed by atoms with Gasteiger partial charge in [0.1, 0.15) is 5.69 Å². The van der Waals surface area contributed by atoms with Crippen molar-refractivity contribution in [2.75, 3.05) is 6.54 Å². The minimum Gasteiger partial charge on any atom is -0.288 e. The van der Waals surface area contributed by atoms with Crippen LogP contribution >= 0.6 is 0 Å². The van der Waals surface area contributed by atoms with Crippen LogP contribution in [0, 0.1) is 11.3 Å². The number of aromatic nitrogens is 4. The van der Waals surface area contributed by atoms with E-state index in [1.165, 1.54) is 0 Å². The van der Waals surface area contributed by atoms with Crippen molar-refractivity contribution in [3.05, 3.63) is 65.4 Å². The van der Waals surface area contributed by atoms with Gasteiger partial charge in [-0.25, -0.2) is 9.50 Å². The van der Waals surface area contributed by atoms with Gasteiger partial charge in [-0.15, -0.1) is 0 Å². The van der Waals surface area contributed by atoms with Crippen LogP contribution in [0.2, 0.25) is 0 Å². The Hall–Kier alpha value is -3.33. The molecule has 3 aromatic rings. The number of rotatable bonds is 4. The molecule has 0 atom stereocenters. The minimum absolute atomic E-state index is 0.239. The van der Waals surface area contributed by atoms with E-state index in [-0.39, 0.29) is 5.41 Å². The maximum absolute atomic E-state index is 9.32. The molecular weight excluding hydrogens is 324 g/mol. The van der Waals surface area contributed by atoms with E-state index in [4.69, 9.17) is 0 Å². The summed E-state index contributed by atoms with van der Waals surface area (Å²) in [5, 5.41) is 13.9. The molecule has 6 heteroatoms. The zero-order valence-corrected chi connectivity index (χ0v) is 14.1. The van der Waals surface area contributed by atoms with Crippen molar-refractivity contribution in [1.29, 1.82) is 5.26 Å². The van der Waals surface area contributed by atoms with Crippen LogP contribution in [0.15, 0.2) is 47.7 Å². The van der Waals surface area contributed by atoms with Gasteiger partial charge in [0, 0.05) is 30.6 Å². The summed E-state index contributed by atoms with van der Waals surface area (Å²) in [6.07, 6.45) is 10.00. The number of hydrogen-bond acceptors (Lipinski definition) is 5. The molecule has 1 aliphatic carbocycles. The molecule has 3 heterocycles. The Morgan fingerprint density at radius 3 is 2.73 bits per heavy atom. The fraction of sp³-hybridized carbons (Fsp3) is 0.250. The largest absolute Gasteiger partial charge is 0.288 e. The lowest BCUT2D eigenvalue weighted by Gasteiger charge is -2.06. The first-order valence-electron chi connectivity index (χ1n) is 8.69. The number of nitrogens with zero attached hydrogens (tertiary/aromatic N) is 6. The Balaban J connectivity index is 1.44. The van der Waals surface area contributed by atoms with Crippen LogP contribution in [-0.4, -0.2) is 32.3 Å². The van der Waals surface area contributed by atoms with Gasteiger partial charge >= 0.3 is 0 Å². The van der Waals surface area contributed by atoms with Gasteiger partial charge in [-0.05, 0) is 24.0 Å². The monoisotopic (exact) mass is 340 g/mol. The molecule has 1 aromatic carbocycles. The van der Waals surface area contributed by atoms with Crippen LogP contribution in [0.5, 0.6) is 0 Å². The molecule has 5 rings (SSSR count). The summed E-state index contributed by atoms with van der Waals surface area (Å²) in [6, 6.07) is 10.7. The van der Waals surface area contributed by atoms with Gasteiger partial charge in [0.2, 0.25) is 0 Å². The van der Waals surface area contributed by atoms with Gasteiger partial charge in [-0.1, -0.05) is 30.3 Å². The second-order valence-corrected chi connectivity index (χ2v) is 6.79. The topological polar surface area (TPSA) is 79.2 Å². The summed E-state index contributed by atoms with van der Waals surface area (Å²) in [6.45, 7) is 0.690. The zero-order valence-electron chi connectivity index (χ0n) is 14.1. The van der Waals surface area contributed by atoms with E-state index in [0.717, 1.165) is 46.7 Å². The third kappa shape index (κ3) is 2.40. The van der Waals surface area contributed by atoms with Gasteiger partial charge in [0.15, 0.2) is 11.5 Å². The lowest BCUT2D eigenvalue weighted by Crippen LogP contribution is -2.02. The highest BCUT2D eigenvalue weighted by atomic mass is 15.3. The standard InChI is InChI=1S/C20H16N6/c21-13-20(6-7-20)16-3-1-14(2-4-16)11-17-24-19-18(15-5-8-22-12-15)23-9-10-26(19)25-17/h1-5,9-10,12H,6-8,11H2. The molecule has 0 spiro atoms. The predicted molar refractivity (Wildman–Crippen MR) is 97.9 cm³/mol. The smallest absolute Gasteiger partial charge is 0.182 e. The van der Waals surface area contributed by atoms with Crippen molar-refractivity contribution < 1.29 is 0 Å². The molecule has 0 N–H and O–H groups in total. The van der Waals surface area contributed by atoms with E-state index in [9.17, 15) is 5.26 Å². The first-order chi connectivity index (χ1) is 12.8. The lowest BCUT2D eigenvalue weighted by molar-refractivity contribution is 0.886. The Kier molecular flexibility index (Phi) is 3.22. The molecule has 0 saturated heterocycles. The molecule has 0 radical (unpaired) electrons. The van der Waals surface area contributed by atoms with E-state index >= 15 is 0 Å². The molecule has 1 aliphatic heterocycles. The molecule has 1 fully saturated rings. The fourth-order valence-corrected chi connectivity index (χ4v) is 3.37. The highest BCUT2D eigenvalue weighted by Crippen LogP contribution is 2.47. The molecule has 126 valence electrons. The molecule has 1 saturated carbocycles. The summed E-state index contributed by atoms with van der Waals surface area (Å²) < 4.78 is 1.77. The van der Waals surface area contributed by atoms with Crippen LogP contribution < -0.4 is 0 Å². The normalized spacial score (nSPS) is 17.3. The highest BCUT2D eigenvalue weighted by Gasteiger charge is 2.44. The first-order valence-corrected chi connectivity index (χ1v) is 8.69. The molecule has 2 aliphatic rings. The van der Waals surface area contributed by atoms with E-state index in [0.29, 0.717) is 13.0 Å². The summed E-state index contributed by atoms with van der Waals surface area (Å²) in [4.78, 5) is 13.4. The van der Waals surface area contributed by atoms with Gasteiger partial charge in [0.25, 0.3) is 0 Å². The van der Waals surface area contributed by atoms with Crippen molar-refractivity contribution in [2.24, 2.45) is 4.99 Å². The second kappa shape index (κ2) is 5.60. The maximum Gasteiger partial charge on any atom is 0.182 e. The number of benzene rings is 1. The summed E-state index contributed by atoms with van der Waals surface area (Å²) in [5.74, 6) is 0.754. The average molecular weight is 340 g/mol. The number of fused-ring (bicyclic) bond motifs is 1. The number of hydrogen-bond donors (Lipinski definition) is 0. The third-order valence-corrected chi connectivity index (χ3v) is 5.05. The van der Waals surface area contributed by atoms with E-state index < -0.39 is 0 Å². The molecular formula is C20H16N6. The van der Waals surface area contributed by atoms with Crippen molar-refractivity contribution in [2.45, 2.75) is 24.7 Å². The molecule has 0 amide bonds. The molecule has 0 bridgehead atoms. The van der Waals surface area contributed by atoms with Crippen LogP contribution in [0.1, 0.15) is 35.5 Å². The van der Waals surface area contributed by atoms with Crippen LogP contribution in [-0.2, 0) is 11.8 Å². The van der Waals surface area contributed by atoms with E-state index in [1.54, 1.807) is 10.7 Å². The van der Waals surface area contributed by atoms with Crippen LogP contribution in [0.25, 0.3) is 11.2 Å². The number of aliphatic imine (C=N–C) groups is 1. The van der Waals surface area contributed by atoms with E-state index in [1.807, 2.05) is 18.5 Å². The van der Waals surface area contributed by atoms with Crippen molar-refractivity contribution in [1.82, 2.24) is 19.6 Å². The van der Waals surface area contributed by atoms with Gasteiger partial charge in [0.05, 0.1) is 18.0 Å². The predicted octanol–water partition coefficient (Wildman–Crippen LogP) is 2.74. The maximum atomic E-state index is 9.32. The number of allylic oxidation sites excluding steroid dienone is 1. The highest BCUT2D eigenvalue weighted by molar-refractivity contribution is 6.12. The quantitative estimate of drug-likeness (QED) is 0.731. The molecule has 26 heavy (non-hydrogen) atoms. The minimum atomic E-state index is -0.239. The number of nitriles is 1. The second-order valence-electron chi connectivity index (χ2n) is 6.79. The third-order valence-electron chi connectivity index (χ3n) is 5.05. The summed E-state index contributed by atoms with van der Waals surface area (Å²) in [5.41, 5.74) is 4.56. The van der Waals surface area contributed by atoms with Crippen molar-refractivity contribution in [3.63, 3.8) is 0 Å². The lowest BCUT2D eigenvalue weighted by atomic mass is 9.96. The Morgan fingerprint density at radius 1 is 1.19 bits per heavy atom. The summed E-state index contributed by atoms with van der Waals surface area (Å²) >= 11 is 0. The van der Waals surface area contributed by atoms with Gasteiger partial charge < -0.3 is 0 Å². The van der Waals surface area contributed by atoms with E-state index in [2.05, 4.69) is 50.4 Å². The van der Waals surface area contributed by atoms with Gasteiger partial charge in [-0.3, -0.25) is 9.98 Å². The molecule has 6 nitrogen and oxygen atoms in total. The van der Waals surface area contributed by atoms with Crippen molar-refractivity contribution >= 4 is 17.4 Å². The summed E-state index contributed by atoms with van der Waals surface area (Å²) in [7, 11) is 0. The Labute approximate surface area is 150 Å².